The fourth-order valence-corrected chi connectivity index (χ4v) is 3.03. The lowest BCUT2D eigenvalue weighted by Crippen LogP contribution is -2.16. The van der Waals surface area contributed by atoms with E-state index in [2.05, 4.69) is 48.5 Å². The van der Waals surface area contributed by atoms with E-state index in [1.165, 1.54) is 16.7 Å². The summed E-state index contributed by atoms with van der Waals surface area (Å²) in [5.74, 6) is 1.05. The molecule has 0 aromatic heterocycles. The predicted molar refractivity (Wildman–Crippen MR) is 86.6 cm³/mol. The maximum Gasteiger partial charge on any atom is 0.127 e. The van der Waals surface area contributed by atoms with Gasteiger partial charge in [0.1, 0.15) is 5.75 Å². The van der Waals surface area contributed by atoms with Crippen molar-refractivity contribution in [2.24, 2.45) is 5.73 Å². The van der Waals surface area contributed by atoms with Gasteiger partial charge in [-0.15, -0.1) is 0 Å². The summed E-state index contributed by atoms with van der Waals surface area (Å²) in [7, 11) is 0. The van der Waals surface area contributed by atoms with Crippen LogP contribution in [0.3, 0.4) is 0 Å². The molecule has 110 valence electrons. The first-order valence-corrected chi connectivity index (χ1v) is 7.88. The molecular formula is C19H23NO. The molecule has 0 saturated heterocycles. The summed E-state index contributed by atoms with van der Waals surface area (Å²) in [6, 6.07) is 17.1. The molecule has 2 aromatic rings. The van der Waals surface area contributed by atoms with E-state index in [9.17, 15) is 0 Å². The van der Waals surface area contributed by atoms with Crippen molar-refractivity contribution in [3.63, 3.8) is 0 Å². The van der Waals surface area contributed by atoms with Crippen LogP contribution < -0.4 is 10.5 Å². The molecule has 0 aliphatic carbocycles. The average molecular weight is 281 g/mol. The largest absolute Gasteiger partial charge is 0.493 e. The second-order valence-electron chi connectivity index (χ2n) is 5.77. The van der Waals surface area contributed by atoms with E-state index in [0.29, 0.717) is 0 Å². The van der Waals surface area contributed by atoms with Crippen LogP contribution in [0.15, 0.2) is 48.5 Å². The van der Waals surface area contributed by atoms with Gasteiger partial charge in [0.25, 0.3) is 0 Å². The molecule has 2 aromatic carbocycles. The molecule has 1 aliphatic rings. The van der Waals surface area contributed by atoms with Gasteiger partial charge in [-0.25, -0.2) is 0 Å². The molecule has 0 amide bonds. The first-order valence-electron chi connectivity index (χ1n) is 7.88. The van der Waals surface area contributed by atoms with Crippen LogP contribution in [0.2, 0.25) is 0 Å². The minimum atomic E-state index is 0.0711. The summed E-state index contributed by atoms with van der Waals surface area (Å²) in [5, 5.41) is 0. The van der Waals surface area contributed by atoms with Crippen LogP contribution in [0.25, 0.3) is 0 Å². The zero-order chi connectivity index (χ0) is 14.5. The van der Waals surface area contributed by atoms with Gasteiger partial charge in [0, 0.05) is 11.6 Å². The molecule has 0 spiro atoms. The third kappa shape index (κ3) is 3.45. The molecule has 21 heavy (non-hydrogen) atoms. The number of ether oxygens (including phenoxy) is 1. The fourth-order valence-electron chi connectivity index (χ4n) is 3.03. The third-order valence-electron chi connectivity index (χ3n) is 4.19. The lowest BCUT2D eigenvalue weighted by molar-refractivity contribution is 0.283. The van der Waals surface area contributed by atoms with E-state index in [0.717, 1.165) is 44.5 Å². The quantitative estimate of drug-likeness (QED) is 0.898. The van der Waals surface area contributed by atoms with Gasteiger partial charge in [-0.2, -0.15) is 0 Å². The number of rotatable bonds is 5. The van der Waals surface area contributed by atoms with E-state index >= 15 is 0 Å². The smallest absolute Gasteiger partial charge is 0.127 e. The van der Waals surface area contributed by atoms with Crippen molar-refractivity contribution in [1.82, 2.24) is 0 Å². The van der Waals surface area contributed by atoms with Crippen LogP contribution in [-0.2, 0) is 12.8 Å². The number of hydrogen-bond acceptors (Lipinski definition) is 2. The van der Waals surface area contributed by atoms with Crippen molar-refractivity contribution in [3.8, 4) is 5.75 Å². The van der Waals surface area contributed by atoms with E-state index in [1.807, 2.05) is 0 Å². The van der Waals surface area contributed by atoms with Crippen molar-refractivity contribution in [2.75, 3.05) is 6.61 Å². The molecule has 0 saturated carbocycles. The zero-order valence-corrected chi connectivity index (χ0v) is 12.4. The van der Waals surface area contributed by atoms with Crippen molar-refractivity contribution in [1.29, 1.82) is 0 Å². The van der Waals surface area contributed by atoms with Gasteiger partial charge in [0.05, 0.1) is 6.61 Å². The lowest BCUT2D eigenvalue weighted by Gasteiger charge is -2.23. The maximum absolute atomic E-state index is 6.40. The monoisotopic (exact) mass is 281 g/mol. The van der Waals surface area contributed by atoms with Gasteiger partial charge in [-0.1, -0.05) is 48.5 Å². The molecule has 1 heterocycles. The average Bonchev–Trinajstić information content (AvgIpc) is 2.55. The summed E-state index contributed by atoms with van der Waals surface area (Å²) < 4.78 is 5.86. The molecule has 0 bridgehead atoms. The van der Waals surface area contributed by atoms with Crippen LogP contribution in [-0.4, -0.2) is 6.61 Å². The van der Waals surface area contributed by atoms with E-state index in [1.54, 1.807) is 0 Å². The van der Waals surface area contributed by atoms with Crippen molar-refractivity contribution in [2.45, 2.75) is 38.1 Å². The molecule has 3 rings (SSSR count). The minimum absolute atomic E-state index is 0.0711. The highest BCUT2D eigenvalue weighted by Crippen LogP contribution is 2.33. The van der Waals surface area contributed by atoms with Gasteiger partial charge in [0.2, 0.25) is 0 Å². The highest BCUT2D eigenvalue weighted by molar-refractivity contribution is 5.44. The standard InChI is InChI=1S/C19H23NO/c20-18(13-4-9-15-7-2-1-3-8-15)17-12-5-10-16-11-6-14-21-19(16)17/h1-3,5,7-8,10,12,18H,4,6,9,11,13-14,20H2. The van der Waals surface area contributed by atoms with Crippen LogP contribution in [0, 0.1) is 0 Å². The molecular weight excluding hydrogens is 258 g/mol. The summed E-state index contributed by atoms with van der Waals surface area (Å²) in [5.41, 5.74) is 10.3. The second kappa shape index (κ2) is 6.77. The number of para-hydroxylation sites is 1. The first-order chi connectivity index (χ1) is 10.3. The Bertz CT molecular complexity index is 579. The van der Waals surface area contributed by atoms with Crippen LogP contribution >= 0.6 is 0 Å². The third-order valence-corrected chi connectivity index (χ3v) is 4.19. The Morgan fingerprint density at radius 2 is 1.90 bits per heavy atom. The van der Waals surface area contributed by atoms with Gasteiger partial charge < -0.3 is 10.5 Å². The first kappa shape index (κ1) is 14.2. The van der Waals surface area contributed by atoms with E-state index in [-0.39, 0.29) is 6.04 Å². The summed E-state index contributed by atoms with van der Waals surface area (Å²) in [6.45, 7) is 0.820. The van der Waals surface area contributed by atoms with Crippen LogP contribution in [0.4, 0.5) is 0 Å². The molecule has 2 nitrogen and oxygen atoms in total. The van der Waals surface area contributed by atoms with E-state index in [4.69, 9.17) is 10.5 Å². The van der Waals surface area contributed by atoms with Gasteiger partial charge in [-0.05, 0) is 43.2 Å². The number of benzene rings is 2. The van der Waals surface area contributed by atoms with Gasteiger partial charge >= 0.3 is 0 Å². The zero-order valence-electron chi connectivity index (χ0n) is 12.4. The van der Waals surface area contributed by atoms with Crippen molar-refractivity contribution >= 4 is 0 Å². The fraction of sp³-hybridized carbons (Fsp3) is 0.368. The Labute approximate surface area is 126 Å². The molecule has 1 atom stereocenters. The normalized spacial score (nSPS) is 15.1. The van der Waals surface area contributed by atoms with Gasteiger partial charge in [0.15, 0.2) is 0 Å². The van der Waals surface area contributed by atoms with Crippen molar-refractivity contribution < 1.29 is 4.74 Å². The summed E-state index contributed by atoms with van der Waals surface area (Å²) in [4.78, 5) is 0. The Morgan fingerprint density at radius 1 is 1.05 bits per heavy atom. The second-order valence-corrected chi connectivity index (χ2v) is 5.77. The number of hydrogen-bond donors (Lipinski definition) is 1. The molecule has 1 aliphatic heterocycles. The molecule has 0 radical (unpaired) electrons. The summed E-state index contributed by atoms with van der Waals surface area (Å²) >= 11 is 0. The van der Waals surface area contributed by atoms with Gasteiger partial charge in [-0.3, -0.25) is 0 Å². The SMILES string of the molecule is NC(CCCc1ccccc1)c1cccc2c1OCCC2. The maximum atomic E-state index is 6.40. The van der Waals surface area contributed by atoms with Crippen LogP contribution in [0.1, 0.15) is 42.0 Å². The minimum Gasteiger partial charge on any atom is -0.493 e. The Balaban J connectivity index is 1.62. The molecule has 0 fully saturated rings. The number of fused-ring (bicyclic) bond motifs is 1. The highest BCUT2D eigenvalue weighted by atomic mass is 16.5. The molecule has 2 N–H and O–H groups in total. The lowest BCUT2D eigenvalue weighted by atomic mass is 9.95. The van der Waals surface area contributed by atoms with E-state index < -0.39 is 0 Å². The van der Waals surface area contributed by atoms with Crippen LogP contribution in [0.5, 0.6) is 5.75 Å². The molecule has 1 unspecified atom stereocenters. The Kier molecular flexibility index (Phi) is 4.56. The van der Waals surface area contributed by atoms with Crippen molar-refractivity contribution in [3.05, 3.63) is 65.2 Å². The highest BCUT2D eigenvalue weighted by Gasteiger charge is 2.18. The summed E-state index contributed by atoms with van der Waals surface area (Å²) in [6.07, 6.45) is 5.41. The predicted octanol–water partition coefficient (Wildman–Crippen LogP) is 4.03. The topological polar surface area (TPSA) is 35.2 Å². The number of nitrogens with two attached hydrogens (primary N) is 1. The number of aryl methyl sites for hydroxylation is 2. The Morgan fingerprint density at radius 3 is 2.76 bits per heavy atom. The molecule has 2 heteroatoms. The Hall–Kier alpha value is -1.80.